The number of alkyl halides is 6. The fourth-order valence-corrected chi connectivity index (χ4v) is 3.55. The lowest BCUT2D eigenvalue weighted by molar-refractivity contribution is -0.193. The number of imidazole rings is 1. The molecule has 2 heterocycles. The Morgan fingerprint density at radius 3 is 1.92 bits per heavy atom. The SMILES string of the molecule is Cc1[nH]c(-c2ccccc2)nc1CN1CCN(C(C)C)C(C)C1.O=C(O)C(F)(F)F.O=C(O)C(F)(F)F. The van der Waals surface area contributed by atoms with Crippen molar-refractivity contribution in [1.29, 1.82) is 0 Å². The van der Waals surface area contributed by atoms with E-state index in [1.54, 1.807) is 0 Å². The first-order valence-electron chi connectivity index (χ1n) is 11.1. The Bertz CT molecular complexity index is 985. The minimum Gasteiger partial charge on any atom is -0.475 e. The number of halogens is 6. The largest absolute Gasteiger partial charge is 0.490 e. The van der Waals surface area contributed by atoms with Gasteiger partial charge in [0.25, 0.3) is 0 Å². The first-order valence-corrected chi connectivity index (χ1v) is 11.1. The van der Waals surface area contributed by atoms with Gasteiger partial charge < -0.3 is 15.2 Å². The second-order valence-corrected chi connectivity index (χ2v) is 8.54. The average molecular weight is 541 g/mol. The van der Waals surface area contributed by atoms with Crippen LogP contribution in [0.1, 0.15) is 32.2 Å². The summed E-state index contributed by atoms with van der Waals surface area (Å²) in [7, 11) is 0. The highest BCUT2D eigenvalue weighted by Gasteiger charge is 2.38. The Labute approximate surface area is 209 Å². The molecule has 1 aliphatic heterocycles. The average Bonchev–Trinajstić information content (AvgIpc) is 3.14. The molecule has 3 N–H and O–H groups in total. The van der Waals surface area contributed by atoms with Gasteiger partial charge in [-0.3, -0.25) is 9.80 Å². The summed E-state index contributed by atoms with van der Waals surface area (Å²) in [5, 5.41) is 14.2. The van der Waals surface area contributed by atoms with Gasteiger partial charge in [-0.1, -0.05) is 30.3 Å². The molecule has 1 aromatic carbocycles. The Morgan fingerprint density at radius 2 is 1.51 bits per heavy atom. The Morgan fingerprint density at radius 1 is 1.03 bits per heavy atom. The van der Waals surface area contributed by atoms with Gasteiger partial charge in [0.1, 0.15) is 5.82 Å². The van der Waals surface area contributed by atoms with Crippen LogP contribution in [0.3, 0.4) is 0 Å². The van der Waals surface area contributed by atoms with E-state index in [0.717, 1.165) is 37.6 Å². The van der Waals surface area contributed by atoms with Crippen molar-refractivity contribution in [1.82, 2.24) is 19.8 Å². The maximum atomic E-state index is 10.6. The maximum absolute atomic E-state index is 10.6. The van der Waals surface area contributed by atoms with Crippen LogP contribution < -0.4 is 0 Å². The van der Waals surface area contributed by atoms with Crippen LogP contribution in [0.2, 0.25) is 0 Å². The predicted molar refractivity (Wildman–Crippen MR) is 123 cm³/mol. The molecule has 8 nitrogen and oxygen atoms in total. The van der Waals surface area contributed by atoms with E-state index in [4.69, 9.17) is 24.8 Å². The fraction of sp³-hybridized carbons (Fsp3) is 0.522. The van der Waals surface area contributed by atoms with Gasteiger partial charge in [-0.05, 0) is 27.7 Å². The zero-order chi connectivity index (χ0) is 28.6. The smallest absolute Gasteiger partial charge is 0.475 e. The first-order chi connectivity index (χ1) is 16.9. The molecule has 1 fully saturated rings. The Kier molecular flexibility index (Phi) is 11.6. The number of hydrogen-bond acceptors (Lipinski definition) is 5. The van der Waals surface area contributed by atoms with Crippen LogP contribution in [0, 0.1) is 6.92 Å². The van der Waals surface area contributed by atoms with Crippen molar-refractivity contribution in [3.05, 3.63) is 41.7 Å². The van der Waals surface area contributed by atoms with E-state index in [1.807, 2.05) is 6.07 Å². The number of carboxylic acids is 2. The van der Waals surface area contributed by atoms with E-state index >= 15 is 0 Å². The van der Waals surface area contributed by atoms with E-state index in [-0.39, 0.29) is 0 Å². The van der Waals surface area contributed by atoms with Crippen LogP contribution in [-0.4, -0.2) is 86.0 Å². The van der Waals surface area contributed by atoms with Crippen molar-refractivity contribution in [2.75, 3.05) is 19.6 Å². The molecule has 2 aromatic rings. The van der Waals surface area contributed by atoms with Crippen LogP contribution in [0.15, 0.2) is 30.3 Å². The molecule has 0 saturated carbocycles. The van der Waals surface area contributed by atoms with Crippen molar-refractivity contribution >= 4 is 11.9 Å². The second kappa shape index (κ2) is 13.4. The van der Waals surface area contributed by atoms with E-state index in [2.05, 4.69) is 66.7 Å². The summed E-state index contributed by atoms with van der Waals surface area (Å²) in [6.45, 7) is 13.4. The number of aryl methyl sites for hydroxylation is 1. The molecule has 1 unspecified atom stereocenters. The fourth-order valence-electron chi connectivity index (χ4n) is 3.55. The number of benzene rings is 1. The number of nitrogens with zero attached hydrogens (tertiary/aromatic N) is 3. The summed E-state index contributed by atoms with van der Waals surface area (Å²) < 4.78 is 63.5. The summed E-state index contributed by atoms with van der Waals surface area (Å²) in [6, 6.07) is 11.6. The third-order valence-electron chi connectivity index (χ3n) is 5.32. The number of hydrogen-bond donors (Lipinski definition) is 3. The monoisotopic (exact) mass is 540 g/mol. The number of aliphatic carboxylic acids is 2. The lowest BCUT2D eigenvalue weighted by Gasteiger charge is -2.41. The number of H-pyrrole nitrogens is 1. The van der Waals surface area contributed by atoms with E-state index in [9.17, 15) is 26.3 Å². The standard InChI is InChI=1S/C19H28N4.2C2HF3O2/c1-14(2)23-11-10-22(12-15(23)3)13-18-16(4)20-19(21-18)17-8-6-5-7-9-17;2*3-2(4,5)1(6)7/h5-9,14-15H,10-13H2,1-4H3,(H,20,21);2*(H,6,7). The van der Waals surface area contributed by atoms with Crippen molar-refractivity contribution in [2.45, 2.75) is 58.7 Å². The van der Waals surface area contributed by atoms with Gasteiger partial charge in [0.15, 0.2) is 0 Å². The summed E-state index contributed by atoms with van der Waals surface area (Å²) in [4.78, 5) is 31.2. The van der Waals surface area contributed by atoms with Gasteiger partial charge in [-0.2, -0.15) is 26.3 Å². The minimum atomic E-state index is -5.08. The van der Waals surface area contributed by atoms with Crippen LogP contribution in [0.5, 0.6) is 0 Å². The number of piperazine rings is 1. The molecule has 208 valence electrons. The third-order valence-corrected chi connectivity index (χ3v) is 5.32. The molecule has 3 rings (SSSR count). The second-order valence-electron chi connectivity index (χ2n) is 8.54. The number of rotatable bonds is 4. The maximum Gasteiger partial charge on any atom is 0.490 e. The highest BCUT2D eigenvalue weighted by Crippen LogP contribution is 2.20. The Balaban J connectivity index is 0.000000404. The number of carbonyl (C=O) groups is 2. The summed E-state index contributed by atoms with van der Waals surface area (Å²) >= 11 is 0. The molecule has 0 aliphatic carbocycles. The molecule has 1 aromatic heterocycles. The number of carboxylic acid groups (broad SMARTS) is 2. The number of aromatic amines is 1. The third kappa shape index (κ3) is 10.8. The zero-order valence-electron chi connectivity index (χ0n) is 20.7. The first kappa shape index (κ1) is 31.9. The van der Waals surface area contributed by atoms with Gasteiger partial charge in [0, 0.05) is 49.5 Å². The van der Waals surface area contributed by atoms with Crippen molar-refractivity contribution in [3.8, 4) is 11.4 Å². The summed E-state index contributed by atoms with van der Waals surface area (Å²) in [5.74, 6) is -4.54. The highest BCUT2D eigenvalue weighted by atomic mass is 19.4. The van der Waals surface area contributed by atoms with E-state index < -0.39 is 24.3 Å². The molecule has 1 saturated heterocycles. The van der Waals surface area contributed by atoms with Crippen LogP contribution in [0.4, 0.5) is 26.3 Å². The molecule has 14 heteroatoms. The van der Waals surface area contributed by atoms with Crippen molar-refractivity contribution < 1.29 is 46.1 Å². The molecular weight excluding hydrogens is 510 g/mol. The summed E-state index contributed by atoms with van der Waals surface area (Å²) in [5.41, 5.74) is 3.51. The molecule has 37 heavy (non-hydrogen) atoms. The van der Waals surface area contributed by atoms with Gasteiger partial charge >= 0.3 is 24.3 Å². The zero-order valence-corrected chi connectivity index (χ0v) is 20.7. The quantitative estimate of drug-likeness (QED) is 0.488. The van der Waals surface area contributed by atoms with Gasteiger partial charge in [-0.25, -0.2) is 14.6 Å². The molecule has 1 aliphatic rings. The number of nitrogens with one attached hydrogen (secondary N) is 1. The predicted octanol–water partition coefficient (Wildman–Crippen LogP) is 4.57. The van der Waals surface area contributed by atoms with Crippen LogP contribution in [0.25, 0.3) is 11.4 Å². The molecule has 0 spiro atoms. The van der Waals surface area contributed by atoms with E-state index in [1.165, 1.54) is 11.4 Å². The van der Waals surface area contributed by atoms with E-state index in [0.29, 0.717) is 12.1 Å². The number of aromatic nitrogens is 2. The Hall–Kier alpha value is -3.13. The topological polar surface area (TPSA) is 110 Å². The summed E-state index contributed by atoms with van der Waals surface area (Å²) in [6.07, 6.45) is -10.2. The van der Waals surface area contributed by atoms with Crippen molar-refractivity contribution in [3.63, 3.8) is 0 Å². The van der Waals surface area contributed by atoms with Crippen LogP contribution >= 0.6 is 0 Å². The minimum absolute atomic E-state index is 0.608. The lowest BCUT2D eigenvalue weighted by Crippen LogP contribution is -2.53. The van der Waals surface area contributed by atoms with Crippen molar-refractivity contribution in [2.24, 2.45) is 0 Å². The normalized spacial score (nSPS) is 16.9. The molecular formula is C23H30F6N4O4. The molecule has 0 amide bonds. The molecule has 0 radical (unpaired) electrons. The molecule has 0 bridgehead atoms. The van der Waals surface area contributed by atoms with Gasteiger partial charge in [-0.15, -0.1) is 0 Å². The molecule has 1 atom stereocenters. The van der Waals surface area contributed by atoms with Gasteiger partial charge in [0.2, 0.25) is 0 Å². The lowest BCUT2D eigenvalue weighted by atomic mass is 10.1. The van der Waals surface area contributed by atoms with Crippen LogP contribution in [-0.2, 0) is 16.1 Å². The highest BCUT2D eigenvalue weighted by molar-refractivity contribution is 5.73. The van der Waals surface area contributed by atoms with Gasteiger partial charge in [0.05, 0.1) is 5.69 Å².